The zero-order valence-corrected chi connectivity index (χ0v) is 25.0. The minimum Gasteiger partial charge on any atom is -0.494 e. The number of piperidine rings is 1. The van der Waals surface area contributed by atoms with Crippen LogP contribution in [0.15, 0.2) is 53.1 Å². The van der Waals surface area contributed by atoms with Crippen molar-refractivity contribution in [2.75, 3.05) is 33.3 Å². The van der Waals surface area contributed by atoms with Gasteiger partial charge in [0.2, 0.25) is 5.91 Å². The van der Waals surface area contributed by atoms with Gasteiger partial charge in [0.1, 0.15) is 23.0 Å². The molecular formula is C32H38N4O7. The Balaban J connectivity index is 1.39. The van der Waals surface area contributed by atoms with E-state index in [0.717, 1.165) is 5.56 Å². The number of benzene rings is 2. The Bertz CT molecular complexity index is 1470. The highest BCUT2D eigenvalue weighted by Gasteiger charge is 2.35. The first-order chi connectivity index (χ1) is 20.7. The minimum atomic E-state index is -0.504. The standard InChI is InChI=1S/C32H38N4O7/c1-5-40-24-13-22-14-25(15-24)42-23-8-6-7-21(12-23)19-41-29-9-10-36(17-28(29)33-30(37)18-35(4)31(22)38)32(39)27-16-26(43-34-27)11-20(2)3/h6-8,12-16,20,28-29H,5,9-11,17-19H2,1-4H3,(H,33,37)/t28-,29+/m1/s1. The molecule has 5 rings (SSSR count). The molecule has 3 heterocycles. The SMILES string of the molecule is CCOc1cc2cc(c1)C(=O)N(C)CC(=O)N[C@@H]1CN(C(=O)c3cc(CC(C)C)on3)CC[C@@H]1OCc1cccc(c1)O2. The van der Waals surface area contributed by atoms with E-state index in [4.69, 9.17) is 18.7 Å². The van der Waals surface area contributed by atoms with Gasteiger partial charge in [0, 0.05) is 44.3 Å². The molecule has 1 N–H and O–H groups in total. The first-order valence-electron chi connectivity index (χ1n) is 14.6. The number of hydrogen-bond donors (Lipinski definition) is 1. The third-order valence-electron chi connectivity index (χ3n) is 7.33. The number of likely N-dealkylation sites (tertiary alicyclic amines) is 1. The molecule has 0 radical (unpaired) electrons. The van der Waals surface area contributed by atoms with Crippen molar-refractivity contribution in [2.24, 2.45) is 5.92 Å². The predicted molar refractivity (Wildman–Crippen MR) is 157 cm³/mol. The number of rotatable bonds is 5. The summed E-state index contributed by atoms with van der Waals surface area (Å²) in [6.07, 6.45) is 0.829. The second-order valence-corrected chi connectivity index (χ2v) is 11.4. The van der Waals surface area contributed by atoms with E-state index in [2.05, 4.69) is 24.3 Å². The highest BCUT2D eigenvalue weighted by molar-refractivity contribution is 5.97. The van der Waals surface area contributed by atoms with Gasteiger partial charge in [-0.3, -0.25) is 14.4 Å². The fourth-order valence-electron chi connectivity index (χ4n) is 5.33. The number of carbonyl (C=O) groups excluding carboxylic acids is 3. The van der Waals surface area contributed by atoms with Crippen LogP contribution in [0.5, 0.6) is 17.2 Å². The summed E-state index contributed by atoms with van der Waals surface area (Å²) in [5.74, 6) is 1.55. The number of nitrogens with zero attached hydrogens (tertiary/aromatic N) is 3. The number of aromatic nitrogens is 1. The van der Waals surface area contributed by atoms with Crippen molar-refractivity contribution in [3.63, 3.8) is 0 Å². The lowest BCUT2D eigenvalue weighted by Crippen LogP contribution is -2.58. The van der Waals surface area contributed by atoms with E-state index in [1.165, 1.54) is 4.90 Å². The largest absolute Gasteiger partial charge is 0.494 e. The van der Waals surface area contributed by atoms with Crippen LogP contribution in [0, 0.1) is 5.92 Å². The lowest BCUT2D eigenvalue weighted by Gasteiger charge is -2.38. The molecule has 0 unspecified atom stereocenters. The number of fused-ring (bicyclic) bond motifs is 5. The summed E-state index contributed by atoms with van der Waals surface area (Å²) >= 11 is 0. The number of nitrogens with one attached hydrogen (secondary N) is 1. The Labute approximate surface area is 251 Å². The van der Waals surface area contributed by atoms with Gasteiger partial charge in [0.15, 0.2) is 5.69 Å². The molecular weight excluding hydrogens is 552 g/mol. The van der Waals surface area contributed by atoms with Crippen LogP contribution in [0.3, 0.4) is 0 Å². The molecule has 4 bridgehead atoms. The van der Waals surface area contributed by atoms with E-state index < -0.39 is 6.04 Å². The van der Waals surface area contributed by atoms with E-state index in [1.807, 2.05) is 31.2 Å². The van der Waals surface area contributed by atoms with Crippen molar-refractivity contribution in [1.82, 2.24) is 20.3 Å². The van der Waals surface area contributed by atoms with Gasteiger partial charge in [0.25, 0.3) is 11.8 Å². The van der Waals surface area contributed by atoms with Gasteiger partial charge in [-0.25, -0.2) is 0 Å². The molecule has 228 valence electrons. The minimum absolute atomic E-state index is 0.189. The molecule has 2 aliphatic heterocycles. The second-order valence-electron chi connectivity index (χ2n) is 11.4. The average Bonchev–Trinajstić information content (AvgIpc) is 3.43. The van der Waals surface area contributed by atoms with E-state index >= 15 is 0 Å². The van der Waals surface area contributed by atoms with Gasteiger partial charge < -0.3 is 33.9 Å². The molecule has 11 nitrogen and oxygen atoms in total. The second kappa shape index (κ2) is 13.3. The van der Waals surface area contributed by atoms with Crippen molar-refractivity contribution >= 4 is 17.7 Å². The first kappa shape index (κ1) is 30.1. The van der Waals surface area contributed by atoms with Crippen molar-refractivity contribution in [2.45, 2.75) is 52.4 Å². The van der Waals surface area contributed by atoms with Gasteiger partial charge in [-0.2, -0.15) is 0 Å². The number of hydrogen-bond acceptors (Lipinski definition) is 8. The maximum atomic E-state index is 13.4. The maximum absolute atomic E-state index is 13.4. The van der Waals surface area contributed by atoms with Crippen molar-refractivity contribution < 1.29 is 33.1 Å². The zero-order valence-electron chi connectivity index (χ0n) is 25.0. The van der Waals surface area contributed by atoms with Crippen LogP contribution in [0.4, 0.5) is 0 Å². The fraction of sp³-hybridized carbons (Fsp3) is 0.438. The van der Waals surface area contributed by atoms with Gasteiger partial charge in [-0.05, 0) is 49.1 Å². The molecule has 1 aromatic heterocycles. The first-order valence-corrected chi connectivity index (χ1v) is 14.6. The van der Waals surface area contributed by atoms with E-state index in [9.17, 15) is 14.4 Å². The normalized spacial score (nSPS) is 19.5. The van der Waals surface area contributed by atoms with Gasteiger partial charge in [0.05, 0.1) is 31.9 Å². The molecule has 0 aliphatic carbocycles. The van der Waals surface area contributed by atoms with Crippen LogP contribution in [0.1, 0.15) is 59.4 Å². The number of likely N-dealkylation sites (N-methyl/N-ethyl adjacent to an activating group) is 1. The molecule has 11 heteroatoms. The molecule has 0 spiro atoms. The summed E-state index contributed by atoms with van der Waals surface area (Å²) in [7, 11) is 1.56. The Morgan fingerprint density at radius 1 is 1.14 bits per heavy atom. The summed E-state index contributed by atoms with van der Waals surface area (Å²) in [6, 6.07) is 13.7. The molecule has 2 aromatic carbocycles. The lowest BCUT2D eigenvalue weighted by atomic mass is 10.0. The molecule has 3 aromatic rings. The summed E-state index contributed by atoms with van der Waals surface area (Å²) in [6.45, 7) is 7.16. The number of ether oxygens (including phenoxy) is 3. The van der Waals surface area contributed by atoms with E-state index in [1.54, 1.807) is 36.2 Å². The summed E-state index contributed by atoms with van der Waals surface area (Å²) in [5, 5.41) is 7.01. The van der Waals surface area contributed by atoms with Gasteiger partial charge in [-0.1, -0.05) is 31.1 Å². The monoisotopic (exact) mass is 590 g/mol. The molecule has 0 saturated carbocycles. The Morgan fingerprint density at radius 3 is 2.77 bits per heavy atom. The molecule has 43 heavy (non-hydrogen) atoms. The predicted octanol–water partition coefficient (Wildman–Crippen LogP) is 4.07. The van der Waals surface area contributed by atoms with Crippen LogP contribution in [0.2, 0.25) is 0 Å². The molecule has 1 saturated heterocycles. The highest BCUT2D eigenvalue weighted by Crippen LogP contribution is 2.29. The Kier molecular flexibility index (Phi) is 9.30. The van der Waals surface area contributed by atoms with Gasteiger partial charge in [-0.15, -0.1) is 0 Å². The Morgan fingerprint density at radius 2 is 1.98 bits per heavy atom. The summed E-state index contributed by atoms with van der Waals surface area (Å²) in [4.78, 5) is 42.9. The average molecular weight is 591 g/mol. The van der Waals surface area contributed by atoms with Crippen molar-refractivity contribution in [1.29, 1.82) is 0 Å². The fourth-order valence-corrected chi connectivity index (χ4v) is 5.33. The molecule has 2 atom stereocenters. The highest BCUT2D eigenvalue weighted by atomic mass is 16.5. The number of amides is 3. The van der Waals surface area contributed by atoms with Crippen molar-refractivity contribution in [3.05, 3.63) is 71.1 Å². The smallest absolute Gasteiger partial charge is 0.276 e. The molecule has 3 amide bonds. The molecule has 2 aliphatic rings. The third kappa shape index (κ3) is 7.53. The summed E-state index contributed by atoms with van der Waals surface area (Å²) in [5.41, 5.74) is 1.45. The maximum Gasteiger partial charge on any atom is 0.276 e. The topological polar surface area (TPSA) is 123 Å². The van der Waals surface area contributed by atoms with E-state index in [-0.39, 0.29) is 49.2 Å². The van der Waals surface area contributed by atoms with E-state index in [0.29, 0.717) is 60.5 Å². The van der Waals surface area contributed by atoms with Gasteiger partial charge >= 0.3 is 0 Å². The summed E-state index contributed by atoms with van der Waals surface area (Å²) < 4.78 is 23.5. The van der Waals surface area contributed by atoms with Crippen LogP contribution in [0.25, 0.3) is 0 Å². The van der Waals surface area contributed by atoms with Crippen LogP contribution >= 0.6 is 0 Å². The van der Waals surface area contributed by atoms with Crippen molar-refractivity contribution in [3.8, 4) is 17.2 Å². The lowest BCUT2D eigenvalue weighted by molar-refractivity contribution is -0.124. The van der Waals surface area contributed by atoms with Crippen LogP contribution in [-0.4, -0.2) is 78.1 Å². The quantitative estimate of drug-likeness (QED) is 0.472. The zero-order chi connectivity index (χ0) is 30.5. The third-order valence-corrected chi connectivity index (χ3v) is 7.33. The van der Waals surface area contributed by atoms with Crippen LogP contribution < -0.4 is 14.8 Å². The Hall–Kier alpha value is -4.38. The number of carbonyl (C=O) groups is 3. The van der Waals surface area contributed by atoms with Crippen LogP contribution in [-0.2, 0) is 22.6 Å². The molecule has 1 fully saturated rings.